The third-order valence-electron chi connectivity index (χ3n) is 4.16. The highest BCUT2D eigenvalue weighted by molar-refractivity contribution is 5.24. The van der Waals surface area contributed by atoms with Crippen molar-refractivity contribution in [3.8, 4) is 0 Å². The molecule has 19 heavy (non-hydrogen) atoms. The smallest absolute Gasteiger partial charge is 0.123 e. The maximum Gasteiger partial charge on any atom is 0.123 e. The zero-order chi connectivity index (χ0) is 14.0. The van der Waals surface area contributed by atoms with Gasteiger partial charge in [0, 0.05) is 19.6 Å². The summed E-state index contributed by atoms with van der Waals surface area (Å²) < 4.78 is 13.5. The second-order valence-corrected chi connectivity index (χ2v) is 6.76. The van der Waals surface area contributed by atoms with Gasteiger partial charge in [-0.2, -0.15) is 0 Å². The predicted molar refractivity (Wildman–Crippen MR) is 77.1 cm³/mol. The average Bonchev–Trinajstić information content (AvgIpc) is 2.76. The molecule has 1 unspecified atom stereocenters. The van der Waals surface area contributed by atoms with E-state index in [9.17, 15) is 4.39 Å². The number of hydrogen-bond donors (Lipinski definition) is 1. The van der Waals surface area contributed by atoms with E-state index in [0.29, 0.717) is 12.0 Å². The number of nitrogens with zero attached hydrogens (tertiary/aromatic N) is 1. The third kappa shape index (κ3) is 3.77. The number of rotatable bonds is 3. The molecule has 2 rings (SSSR count). The molecule has 1 saturated heterocycles. The first kappa shape index (κ1) is 14.5. The largest absolute Gasteiger partial charge is 0.326 e. The molecule has 0 radical (unpaired) electrons. The number of benzene rings is 1. The molecule has 3 heteroatoms. The van der Waals surface area contributed by atoms with Crippen molar-refractivity contribution in [3.63, 3.8) is 0 Å². The zero-order valence-electron chi connectivity index (χ0n) is 12.2. The fourth-order valence-corrected chi connectivity index (χ4v) is 2.87. The highest BCUT2D eigenvalue weighted by atomic mass is 19.1. The van der Waals surface area contributed by atoms with Crippen LogP contribution in [0, 0.1) is 17.2 Å². The van der Waals surface area contributed by atoms with Gasteiger partial charge in [-0.3, -0.25) is 4.90 Å². The molecule has 0 saturated carbocycles. The Kier molecular flexibility index (Phi) is 4.26. The first-order valence-electron chi connectivity index (χ1n) is 7.09. The van der Waals surface area contributed by atoms with Crippen LogP contribution in [0.15, 0.2) is 18.2 Å². The number of hydrogen-bond acceptors (Lipinski definition) is 2. The standard InChI is InChI=1S/C16H25FN2/c1-16(2,3)14-4-5-19(11-14)10-13-6-12(9-18)7-15(17)8-13/h6-8,14H,4-5,9-11,18H2,1-3H3. The first-order chi connectivity index (χ1) is 8.88. The summed E-state index contributed by atoms with van der Waals surface area (Å²) in [7, 11) is 0. The number of likely N-dealkylation sites (tertiary alicyclic amines) is 1. The van der Waals surface area contributed by atoms with Gasteiger partial charge in [-0.25, -0.2) is 4.39 Å². The van der Waals surface area contributed by atoms with Crippen LogP contribution in [0.2, 0.25) is 0 Å². The van der Waals surface area contributed by atoms with E-state index in [4.69, 9.17) is 5.73 Å². The summed E-state index contributed by atoms with van der Waals surface area (Å²) in [6, 6.07) is 5.17. The van der Waals surface area contributed by atoms with Crippen LogP contribution in [-0.2, 0) is 13.1 Å². The Balaban J connectivity index is 2.01. The molecule has 1 aliphatic heterocycles. The van der Waals surface area contributed by atoms with Crippen molar-refractivity contribution >= 4 is 0 Å². The molecule has 1 heterocycles. The number of nitrogens with two attached hydrogens (primary N) is 1. The SMILES string of the molecule is CC(C)(C)C1CCN(Cc2cc(F)cc(CN)c2)C1. The second kappa shape index (κ2) is 5.59. The molecule has 0 bridgehead atoms. The molecule has 1 fully saturated rings. The van der Waals surface area contributed by atoms with Crippen LogP contribution in [0.3, 0.4) is 0 Å². The van der Waals surface area contributed by atoms with Gasteiger partial charge in [0.1, 0.15) is 5.82 Å². The van der Waals surface area contributed by atoms with Crippen molar-refractivity contribution in [2.45, 2.75) is 40.3 Å². The van der Waals surface area contributed by atoms with Crippen molar-refractivity contribution < 1.29 is 4.39 Å². The van der Waals surface area contributed by atoms with E-state index in [0.717, 1.165) is 36.7 Å². The highest BCUT2D eigenvalue weighted by Gasteiger charge is 2.31. The normalized spacial score (nSPS) is 21.0. The first-order valence-corrected chi connectivity index (χ1v) is 7.09. The Hall–Kier alpha value is -0.930. The van der Waals surface area contributed by atoms with Crippen LogP contribution in [0.5, 0.6) is 0 Å². The van der Waals surface area contributed by atoms with Crippen molar-refractivity contribution in [2.24, 2.45) is 17.1 Å². The van der Waals surface area contributed by atoms with Crippen LogP contribution in [0.4, 0.5) is 4.39 Å². The minimum atomic E-state index is -0.176. The summed E-state index contributed by atoms with van der Waals surface area (Å²) >= 11 is 0. The molecule has 0 spiro atoms. The third-order valence-corrected chi connectivity index (χ3v) is 4.16. The Bertz CT molecular complexity index is 437. The zero-order valence-corrected chi connectivity index (χ0v) is 12.2. The highest BCUT2D eigenvalue weighted by Crippen LogP contribution is 2.34. The van der Waals surface area contributed by atoms with Crippen LogP contribution >= 0.6 is 0 Å². The molecular weight excluding hydrogens is 239 g/mol. The molecule has 2 N–H and O–H groups in total. The van der Waals surface area contributed by atoms with E-state index in [-0.39, 0.29) is 5.82 Å². The number of halogens is 1. The molecule has 2 nitrogen and oxygen atoms in total. The topological polar surface area (TPSA) is 29.3 Å². The van der Waals surface area contributed by atoms with E-state index in [2.05, 4.69) is 25.7 Å². The summed E-state index contributed by atoms with van der Waals surface area (Å²) in [6.07, 6.45) is 1.24. The minimum absolute atomic E-state index is 0.176. The molecule has 1 atom stereocenters. The lowest BCUT2D eigenvalue weighted by Gasteiger charge is -2.27. The quantitative estimate of drug-likeness (QED) is 0.908. The molecule has 0 amide bonds. The fraction of sp³-hybridized carbons (Fsp3) is 0.625. The molecule has 0 aliphatic carbocycles. The monoisotopic (exact) mass is 264 g/mol. The van der Waals surface area contributed by atoms with E-state index in [1.807, 2.05) is 6.07 Å². The van der Waals surface area contributed by atoms with Crippen LogP contribution in [0.1, 0.15) is 38.3 Å². The van der Waals surface area contributed by atoms with Crippen molar-refractivity contribution in [1.29, 1.82) is 0 Å². The summed E-state index contributed by atoms with van der Waals surface area (Å²) in [6.45, 7) is 10.3. The van der Waals surface area contributed by atoms with E-state index < -0.39 is 0 Å². The predicted octanol–water partition coefficient (Wildman–Crippen LogP) is 3.15. The Labute approximate surface area is 115 Å². The molecular formula is C16H25FN2. The summed E-state index contributed by atoms with van der Waals surface area (Å²) in [5.74, 6) is 0.555. The van der Waals surface area contributed by atoms with Gasteiger partial charge in [0.2, 0.25) is 0 Å². The van der Waals surface area contributed by atoms with Crippen molar-refractivity contribution in [1.82, 2.24) is 4.90 Å². The molecule has 0 aromatic heterocycles. The van der Waals surface area contributed by atoms with Crippen molar-refractivity contribution in [2.75, 3.05) is 13.1 Å². The van der Waals surface area contributed by atoms with Crippen LogP contribution in [0.25, 0.3) is 0 Å². The maximum atomic E-state index is 13.5. The second-order valence-electron chi connectivity index (χ2n) is 6.76. The fourth-order valence-electron chi connectivity index (χ4n) is 2.87. The Morgan fingerprint density at radius 3 is 2.53 bits per heavy atom. The lowest BCUT2D eigenvalue weighted by atomic mass is 9.80. The van der Waals surface area contributed by atoms with Crippen LogP contribution in [-0.4, -0.2) is 18.0 Å². The summed E-state index contributed by atoms with van der Waals surface area (Å²) in [5.41, 5.74) is 7.87. The lowest BCUT2D eigenvalue weighted by molar-refractivity contribution is 0.226. The summed E-state index contributed by atoms with van der Waals surface area (Å²) in [5, 5.41) is 0. The minimum Gasteiger partial charge on any atom is -0.326 e. The Morgan fingerprint density at radius 2 is 1.95 bits per heavy atom. The lowest BCUT2D eigenvalue weighted by Crippen LogP contribution is -2.25. The Morgan fingerprint density at radius 1 is 1.26 bits per heavy atom. The van der Waals surface area contributed by atoms with Gasteiger partial charge in [-0.1, -0.05) is 26.8 Å². The van der Waals surface area contributed by atoms with E-state index in [1.165, 1.54) is 12.5 Å². The van der Waals surface area contributed by atoms with Gasteiger partial charge < -0.3 is 5.73 Å². The molecule has 1 aromatic rings. The van der Waals surface area contributed by atoms with Gasteiger partial charge >= 0.3 is 0 Å². The van der Waals surface area contributed by atoms with Crippen LogP contribution < -0.4 is 5.73 Å². The maximum absolute atomic E-state index is 13.5. The molecule has 106 valence electrons. The van der Waals surface area contributed by atoms with E-state index in [1.54, 1.807) is 6.07 Å². The van der Waals surface area contributed by atoms with Gasteiger partial charge in [0.05, 0.1) is 0 Å². The van der Waals surface area contributed by atoms with Gasteiger partial charge in [-0.05, 0) is 47.6 Å². The van der Waals surface area contributed by atoms with Gasteiger partial charge in [-0.15, -0.1) is 0 Å². The van der Waals surface area contributed by atoms with Gasteiger partial charge in [0.15, 0.2) is 0 Å². The molecule has 1 aliphatic rings. The molecule has 1 aromatic carbocycles. The van der Waals surface area contributed by atoms with Crippen molar-refractivity contribution in [3.05, 3.63) is 35.1 Å². The average molecular weight is 264 g/mol. The van der Waals surface area contributed by atoms with Gasteiger partial charge in [0.25, 0.3) is 0 Å². The summed E-state index contributed by atoms with van der Waals surface area (Å²) in [4.78, 5) is 2.42. The van der Waals surface area contributed by atoms with E-state index >= 15 is 0 Å².